The molecular weight excluding hydrogens is 375 g/mol. The number of hydrogen-bond acceptors (Lipinski definition) is 4. The van der Waals surface area contributed by atoms with Crippen molar-refractivity contribution in [2.24, 2.45) is 0 Å². The molecule has 1 aromatic heterocycles. The number of anilines is 1. The summed E-state index contributed by atoms with van der Waals surface area (Å²) >= 11 is 0. The van der Waals surface area contributed by atoms with Crippen LogP contribution in [0.15, 0.2) is 67.0 Å². The van der Waals surface area contributed by atoms with E-state index in [9.17, 15) is 14.0 Å². The third kappa shape index (κ3) is 3.88. The van der Waals surface area contributed by atoms with Crippen molar-refractivity contribution >= 4 is 17.5 Å². The summed E-state index contributed by atoms with van der Waals surface area (Å²) in [4.78, 5) is 26.5. The molecule has 1 N–H and O–H groups in total. The molecule has 1 fully saturated rings. The summed E-state index contributed by atoms with van der Waals surface area (Å²) in [5.74, 6) is -1.02. The lowest BCUT2D eigenvalue weighted by atomic mass is 9.97. The van der Waals surface area contributed by atoms with Gasteiger partial charge in [0.05, 0.1) is 11.7 Å². The van der Waals surface area contributed by atoms with Crippen LogP contribution in [0.5, 0.6) is 0 Å². The van der Waals surface area contributed by atoms with Crippen molar-refractivity contribution in [1.82, 2.24) is 14.7 Å². The minimum absolute atomic E-state index is 0.190. The van der Waals surface area contributed by atoms with Gasteiger partial charge in [-0.15, -0.1) is 0 Å². The van der Waals surface area contributed by atoms with Crippen LogP contribution in [-0.2, 0) is 14.3 Å². The molecule has 29 heavy (non-hydrogen) atoms. The summed E-state index contributed by atoms with van der Waals surface area (Å²) in [5, 5.41) is 6.99. The van der Waals surface area contributed by atoms with E-state index in [1.807, 2.05) is 24.4 Å². The third-order valence-corrected chi connectivity index (χ3v) is 4.86. The molecular formula is C21H19FN4O3. The number of likely N-dealkylation sites (N-methyl/N-ethyl adjacent to an activating group) is 1. The molecule has 8 heteroatoms. The van der Waals surface area contributed by atoms with Gasteiger partial charge in [-0.25, -0.2) is 9.07 Å². The average Bonchev–Trinajstić information content (AvgIpc) is 3.26. The fraction of sp³-hybridized carbons (Fsp3) is 0.190. The second kappa shape index (κ2) is 7.84. The van der Waals surface area contributed by atoms with Crippen LogP contribution >= 0.6 is 0 Å². The summed E-state index contributed by atoms with van der Waals surface area (Å²) < 4.78 is 20.6. The Morgan fingerprint density at radius 1 is 1.17 bits per heavy atom. The second-order valence-corrected chi connectivity index (χ2v) is 6.72. The first kappa shape index (κ1) is 18.8. The molecule has 0 aliphatic carbocycles. The maximum Gasteiger partial charge on any atom is 0.256 e. The number of nitrogens with zero attached hydrogens (tertiary/aromatic N) is 3. The minimum atomic E-state index is -0.922. The highest BCUT2D eigenvalue weighted by Gasteiger charge is 2.40. The van der Waals surface area contributed by atoms with Gasteiger partial charge >= 0.3 is 0 Å². The summed E-state index contributed by atoms with van der Waals surface area (Å²) in [6.45, 7) is -0.190. The number of nitrogens with one attached hydrogen (secondary N) is 1. The number of benzene rings is 2. The van der Waals surface area contributed by atoms with Crippen molar-refractivity contribution in [2.75, 3.05) is 19.0 Å². The van der Waals surface area contributed by atoms with E-state index >= 15 is 0 Å². The van der Waals surface area contributed by atoms with Crippen LogP contribution in [0.3, 0.4) is 0 Å². The van der Waals surface area contributed by atoms with Gasteiger partial charge in [-0.3, -0.25) is 9.59 Å². The zero-order chi connectivity index (χ0) is 20.4. The lowest BCUT2D eigenvalue weighted by molar-refractivity contribution is -0.160. The molecule has 2 amide bonds. The SMILES string of the molecule is CN1C(=O)CO[C@@H](C(=O)Nc2ccc(-n3cccn3)cc2)[C@@H]1c1ccc(F)cc1. The first-order valence-corrected chi connectivity index (χ1v) is 9.06. The van der Waals surface area contributed by atoms with Gasteiger partial charge in [0.15, 0.2) is 6.10 Å². The highest BCUT2D eigenvalue weighted by Crippen LogP contribution is 2.30. The summed E-state index contributed by atoms with van der Waals surface area (Å²) in [6.07, 6.45) is 2.58. The van der Waals surface area contributed by atoms with E-state index in [2.05, 4.69) is 10.4 Å². The predicted molar refractivity (Wildman–Crippen MR) is 104 cm³/mol. The van der Waals surface area contributed by atoms with Crippen LogP contribution in [0.4, 0.5) is 10.1 Å². The van der Waals surface area contributed by atoms with E-state index < -0.39 is 18.0 Å². The van der Waals surface area contributed by atoms with Gasteiger partial charge in [-0.1, -0.05) is 12.1 Å². The van der Waals surface area contributed by atoms with Crippen molar-refractivity contribution < 1.29 is 18.7 Å². The first-order valence-electron chi connectivity index (χ1n) is 9.06. The molecule has 0 saturated carbocycles. The van der Waals surface area contributed by atoms with Gasteiger partial charge in [0.1, 0.15) is 12.4 Å². The number of morpholine rings is 1. The number of carbonyl (C=O) groups is 2. The number of carbonyl (C=O) groups excluding carboxylic acids is 2. The molecule has 2 aromatic carbocycles. The molecule has 3 aromatic rings. The van der Waals surface area contributed by atoms with E-state index in [1.165, 1.54) is 17.0 Å². The predicted octanol–water partition coefficient (Wildman–Crippen LogP) is 2.55. The summed E-state index contributed by atoms with van der Waals surface area (Å²) in [7, 11) is 1.61. The first-order chi connectivity index (χ1) is 14.0. The number of aromatic nitrogens is 2. The maximum atomic E-state index is 13.3. The summed E-state index contributed by atoms with van der Waals surface area (Å²) in [6, 6.07) is 14.1. The largest absolute Gasteiger partial charge is 0.356 e. The minimum Gasteiger partial charge on any atom is -0.356 e. The molecule has 1 saturated heterocycles. The Balaban J connectivity index is 1.54. The quantitative estimate of drug-likeness (QED) is 0.738. The van der Waals surface area contributed by atoms with E-state index in [4.69, 9.17) is 4.74 Å². The lowest BCUT2D eigenvalue weighted by Crippen LogP contribution is -2.51. The highest BCUT2D eigenvalue weighted by atomic mass is 19.1. The zero-order valence-corrected chi connectivity index (χ0v) is 15.7. The van der Waals surface area contributed by atoms with E-state index in [1.54, 1.807) is 42.2 Å². The molecule has 148 valence electrons. The van der Waals surface area contributed by atoms with Crippen molar-refractivity contribution in [3.63, 3.8) is 0 Å². The normalized spacial score (nSPS) is 19.2. The van der Waals surface area contributed by atoms with Gasteiger partial charge in [0.2, 0.25) is 5.91 Å². The van der Waals surface area contributed by atoms with Crippen LogP contribution in [-0.4, -0.2) is 46.3 Å². The Morgan fingerprint density at radius 3 is 2.55 bits per heavy atom. The van der Waals surface area contributed by atoms with Crippen LogP contribution in [0.25, 0.3) is 5.69 Å². The Hall–Kier alpha value is -3.52. The molecule has 0 radical (unpaired) electrons. The lowest BCUT2D eigenvalue weighted by Gasteiger charge is -2.38. The molecule has 4 rings (SSSR count). The van der Waals surface area contributed by atoms with Crippen molar-refractivity contribution in [2.45, 2.75) is 12.1 Å². The number of rotatable bonds is 4. The molecule has 1 aliphatic rings. The molecule has 2 atom stereocenters. The van der Waals surface area contributed by atoms with Crippen molar-refractivity contribution in [3.05, 3.63) is 78.4 Å². The Bertz CT molecular complexity index is 1000. The van der Waals surface area contributed by atoms with Gasteiger partial charge < -0.3 is 15.0 Å². The van der Waals surface area contributed by atoms with Gasteiger partial charge in [-0.2, -0.15) is 5.10 Å². The third-order valence-electron chi connectivity index (χ3n) is 4.86. The van der Waals surface area contributed by atoms with Crippen molar-refractivity contribution in [1.29, 1.82) is 0 Å². The van der Waals surface area contributed by atoms with Crippen LogP contribution in [0.2, 0.25) is 0 Å². The number of halogens is 1. The monoisotopic (exact) mass is 394 g/mol. The number of ether oxygens (including phenoxy) is 1. The van der Waals surface area contributed by atoms with Gasteiger partial charge in [-0.05, 0) is 48.0 Å². The zero-order valence-electron chi connectivity index (χ0n) is 15.7. The smallest absolute Gasteiger partial charge is 0.256 e. The number of amides is 2. The van der Waals surface area contributed by atoms with Crippen LogP contribution in [0.1, 0.15) is 11.6 Å². The van der Waals surface area contributed by atoms with E-state index in [-0.39, 0.29) is 18.4 Å². The standard InChI is InChI=1S/C21H19FN4O3/c1-25-18(27)13-29-20(19(25)14-3-5-15(22)6-4-14)21(28)24-16-7-9-17(10-8-16)26-12-2-11-23-26/h2-12,19-20H,13H2,1H3,(H,24,28)/t19-,20+/m0/s1. The molecule has 1 aliphatic heterocycles. The fourth-order valence-electron chi connectivity index (χ4n) is 3.32. The summed E-state index contributed by atoms with van der Waals surface area (Å²) in [5.41, 5.74) is 2.07. The Kier molecular flexibility index (Phi) is 5.09. The highest BCUT2D eigenvalue weighted by molar-refractivity contribution is 5.96. The van der Waals surface area contributed by atoms with Crippen LogP contribution < -0.4 is 5.32 Å². The fourth-order valence-corrected chi connectivity index (χ4v) is 3.32. The molecule has 7 nitrogen and oxygen atoms in total. The number of hydrogen-bond donors (Lipinski definition) is 1. The topological polar surface area (TPSA) is 76.5 Å². The van der Waals surface area contributed by atoms with Crippen LogP contribution in [0, 0.1) is 5.82 Å². The molecule has 2 heterocycles. The average molecular weight is 394 g/mol. The van der Waals surface area contributed by atoms with E-state index in [0.29, 0.717) is 11.3 Å². The Labute approximate surface area is 166 Å². The molecule has 0 bridgehead atoms. The molecule has 0 spiro atoms. The Morgan fingerprint density at radius 2 is 1.90 bits per heavy atom. The molecule has 0 unspecified atom stereocenters. The van der Waals surface area contributed by atoms with Crippen molar-refractivity contribution in [3.8, 4) is 5.69 Å². The van der Waals surface area contributed by atoms with Gasteiger partial charge in [0, 0.05) is 25.1 Å². The maximum absolute atomic E-state index is 13.3. The van der Waals surface area contributed by atoms with E-state index in [0.717, 1.165) is 5.69 Å². The van der Waals surface area contributed by atoms with Gasteiger partial charge in [0.25, 0.3) is 5.91 Å². The second-order valence-electron chi connectivity index (χ2n) is 6.72.